The Morgan fingerprint density at radius 3 is 2.95 bits per heavy atom. The summed E-state index contributed by atoms with van der Waals surface area (Å²) in [5.74, 6) is 1.66. The Kier molecular flexibility index (Phi) is 5.14. The van der Waals surface area contributed by atoms with E-state index in [4.69, 9.17) is 4.74 Å². The van der Waals surface area contributed by atoms with Crippen LogP contribution in [0.1, 0.15) is 20.3 Å². The fraction of sp³-hybridized carbons (Fsp3) is 0.571. The topological polar surface area (TPSA) is 50.3 Å². The highest BCUT2D eigenvalue weighted by Gasteiger charge is 2.16. The average molecular weight is 294 g/mol. The van der Waals surface area contributed by atoms with Crippen molar-refractivity contribution in [3.05, 3.63) is 11.4 Å². The first-order valence-corrected chi connectivity index (χ1v) is 7.76. The molecule has 1 N–H and O–H groups in total. The van der Waals surface area contributed by atoms with Gasteiger partial charge >= 0.3 is 0 Å². The van der Waals surface area contributed by atoms with Crippen molar-refractivity contribution in [3.63, 3.8) is 0 Å². The summed E-state index contributed by atoms with van der Waals surface area (Å²) in [5, 5.41) is 6.43. The van der Waals surface area contributed by atoms with Gasteiger partial charge in [0.2, 0.25) is 5.95 Å². The van der Waals surface area contributed by atoms with Crippen molar-refractivity contribution < 1.29 is 4.74 Å². The third-order valence-electron chi connectivity index (χ3n) is 3.24. The van der Waals surface area contributed by atoms with Crippen LogP contribution in [0.15, 0.2) is 11.4 Å². The molecule has 6 heteroatoms. The number of anilines is 2. The van der Waals surface area contributed by atoms with E-state index in [2.05, 4.69) is 45.5 Å². The van der Waals surface area contributed by atoms with Crippen LogP contribution in [0.3, 0.4) is 0 Å². The summed E-state index contributed by atoms with van der Waals surface area (Å²) in [6.45, 7) is 5.81. The first kappa shape index (κ1) is 15.0. The van der Waals surface area contributed by atoms with Crippen LogP contribution in [0.25, 0.3) is 10.2 Å². The smallest absolute Gasteiger partial charge is 0.226 e. The largest absolute Gasteiger partial charge is 0.383 e. The van der Waals surface area contributed by atoms with Crippen molar-refractivity contribution in [2.24, 2.45) is 0 Å². The van der Waals surface area contributed by atoms with Gasteiger partial charge in [0.05, 0.1) is 18.0 Å². The first-order chi connectivity index (χ1) is 9.67. The fourth-order valence-electron chi connectivity index (χ4n) is 1.99. The van der Waals surface area contributed by atoms with Crippen molar-refractivity contribution in [1.29, 1.82) is 0 Å². The molecule has 0 aliphatic rings. The summed E-state index contributed by atoms with van der Waals surface area (Å²) in [7, 11) is 3.77. The molecule has 20 heavy (non-hydrogen) atoms. The van der Waals surface area contributed by atoms with Gasteiger partial charge in [-0.25, -0.2) is 4.98 Å². The van der Waals surface area contributed by atoms with Gasteiger partial charge in [-0.1, -0.05) is 6.92 Å². The second-order valence-corrected chi connectivity index (χ2v) is 5.75. The van der Waals surface area contributed by atoms with Gasteiger partial charge < -0.3 is 15.0 Å². The van der Waals surface area contributed by atoms with Crippen molar-refractivity contribution in [1.82, 2.24) is 9.97 Å². The third kappa shape index (κ3) is 3.19. The van der Waals surface area contributed by atoms with Crippen molar-refractivity contribution in [2.45, 2.75) is 26.3 Å². The van der Waals surface area contributed by atoms with Gasteiger partial charge in [-0.05, 0) is 24.8 Å². The summed E-state index contributed by atoms with van der Waals surface area (Å²) < 4.78 is 5.24. The van der Waals surface area contributed by atoms with Gasteiger partial charge in [-0.3, -0.25) is 0 Å². The van der Waals surface area contributed by atoms with Crippen LogP contribution in [0.5, 0.6) is 0 Å². The highest BCUT2D eigenvalue weighted by molar-refractivity contribution is 7.16. The number of methoxy groups -OCH3 is 1. The predicted molar refractivity (Wildman–Crippen MR) is 85.9 cm³/mol. The van der Waals surface area contributed by atoms with Gasteiger partial charge in [0, 0.05) is 20.7 Å². The van der Waals surface area contributed by atoms with E-state index in [0.717, 1.165) is 29.0 Å². The molecule has 2 heterocycles. The lowest BCUT2D eigenvalue weighted by Crippen LogP contribution is -2.33. The molecule has 110 valence electrons. The summed E-state index contributed by atoms with van der Waals surface area (Å²) in [4.78, 5) is 12.4. The molecule has 0 radical (unpaired) electrons. The second kappa shape index (κ2) is 6.85. The Labute approximate surface area is 124 Å². The van der Waals surface area contributed by atoms with E-state index in [1.54, 1.807) is 18.4 Å². The molecule has 2 rings (SSSR count). The predicted octanol–water partition coefficient (Wildman–Crippen LogP) is 2.98. The van der Waals surface area contributed by atoms with E-state index in [-0.39, 0.29) is 6.04 Å². The monoisotopic (exact) mass is 294 g/mol. The zero-order valence-corrected chi connectivity index (χ0v) is 13.3. The Morgan fingerprint density at radius 2 is 2.25 bits per heavy atom. The molecule has 1 atom stereocenters. The Bertz CT molecular complexity index is 557. The number of nitrogens with zero attached hydrogens (tertiary/aromatic N) is 3. The average Bonchev–Trinajstić information content (AvgIpc) is 2.91. The quantitative estimate of drug-likeness (QED) is 0.850. The Morgan fingerprint density at radius 1 is 1.45 bits per heavy atom. The number of fused-ring (bicyclic) bond motifs is 1. The molecule has 0 aromatic carbocycles. The van der Waals surface area contributed by atoms with Crippen molar-refractivity contribution in [2.75, 3.05) is 37.5 Å². The normalized spacial score (nSPS) is 12.6. The number of hydrogen-bond donors (Lipinski definition) is 1. The molecule has 2 aromatic rings. The maximum Gasteiger partial charge on any atom is 0.226 e. The lowest BCUT2D eigenvalue weighted by atomic mass is 10.3. The summed E-state index contributed by atoms with van der Waals surface area (Å²) in [6.07, 6.45) is 1.05. The Balaban J connectivity index is 2.36. The number of hydrogen-bond acceptors (Lipinski definition) is 6. The van der Waals surface area contributed by atoms with Gasteiger partial charge in [-0.2, -0.15) is 4.98 Å². The molecular weight excluding hydrogens is 272 g/mol. The molecule has 1 unspecified atom stereocenters. The number of rotatable bonds is 7. The summed E-state index contributed by atoms with van der Waals surface area (Å²) >= 11 is 1.64. The number of nitrogens with one attached hydrogen (secondary N) is 1. The van der Waals surface area contributed by atoms with Crippen molar-refractivity contribution in [3.8, 4) is 0 Å². The zero-order chi connectivity index (χ0) is 14.5. The minimum absolute atomic E-state index is 0.261. The minimum Gasteiger partial charge on any atom is -0.383 e. The maximum atomic E-state index is 5.24. The van der Waals surface area contributed by atoms with Gasteiger partial charge in [0.1, 0.15) is 10.6 Å². The molecule has 0 saturated heterocycles. The summed E-state index contributed by atoms with van der Waals surface area (Å²) in [6, 6.07) is 2.34. The maximum absolute atomic E-state index is 5.24. The molecule has 2 aromatic heterocycles. The number of aromatic nitrogens is 2. The van der Waals surface area contributed by atoms with Crippen molar-refractivity contribution >= 4 is 33.3 Å². The molecule has 0 fully saturated rings. The molecule has 0 aliphatic carbocycles. The van der Waals surface area contributed by atoms with E-state index in [0.29, 0.717) is 12.6 Å². The zero-order valence-electron chi connectivity index (χ0n) is 12.5. The molecule has 0 saturated carbocycles. The molecule has 0 bridgehead atoms. The highest BCUT2D eigenvalue weighted by atomic mass is 32.1. The first-order valence-electron chi connectivity index (χ1n) is 6.88. The minimum atomic E-state index is 0.261. The van der Waals surface area contributed by atoms with Gasteiger partial charge in [0.25, 0.3) is 0 Å². The SMILES string of the molecule is CCCNc1nc(N(C)C(C)COC)c2ccsc2n1. The van der Waals surface area contributed by atoms with Crippen LogP contribution in [0.4, 0.5) is 11.8 Å². The number of thiophene rings is 1. The van der Waals surface area contributed by atoms with E-state index < -0.39 is 0 Å². The van der Waals surface area contributed by atoms with Gasteiger partial charge in [0.15, 0.2) is 0 Å². The molecule has 0 aliphatic heterocycles. The molecule has 0 spiro atoms. The van der Waals surface area contributed by atoms with Crippen LogP contribution in [0, 0.1) is 0 Å². The van der Waals surface area contributed by atoms with Crippen LogP contribution < -0.4 is 10.2 Å². The third-order valence-corrected chi connectivity index (χ3v) is 4.05. The van der Waals surface area contributed by atoms with E-state index in [1.165, 1.54) is 0 Å². The van der Waals surface area contributed by atoms with Crippen LogP contribution in [0.2, 0.25) is 0 Å². The molecule has 5 nitrogen and oxygen atoms in total. The van der Waals surface area contributed by atoms with Crippen LogP contribution in [-0.4, -0.2) is 43.3 Å². The van der Waals surface area contributed by atoms with Gasteiger partial charge in [-0.15, -0.1) is 11.3 Å². The number of likely N-dealkylation sites (N-methyl/N-ethyl adjacent to an activating group) is 1. The fourth-order valence-corrected chi connectivity index (χ4v) is 2.74. The van der Waals surface area contributed by atoms with E-state index >= 15 is 0 Å². The highest BCUT2D eigenvalue weighted by Crippen LogP contribution is 2.29. The lowest BCUT2D eigenvalue weighted by Gasteiger charge is -2.26. The van der Waals surface area contributed by atoms with E-state index in [1.807, 2.05) is 7.05 Å². The number of ether oxygens (including phenoxy) is 1. The van der Waals surface area contributed by atoms with E-state index in [9.17, 15) is 0 Å². The second-order valence-electron chi connectivity index (χ2n) is 4.85. The van der Waals surface area contributed by atoms with Crippen LogP contribution >= 0.6 is 11.3 Å². The summed E-state index contributed by atoms with van der Waals surface area (Å²) in [5.41, 5.74) is 0. The standard InChI is InChI=1S/C14H22N4OS/c1-5-7-15-14-16-12(18(3)10(2)9-19-4)11-6-8-20-13(11)17-14/h6,8,10H,5,7,9H2,1-4H3,(H,15,16,17). The van der Waals surface area contributed by atoms with Crippen LogP contribution in [-0.2, 0) is 4.74 Å². The molecule has 0 amide bonds. The molecular formula is C14H22N4OS. The Hall–Kier alpha value is -1.40. The lowest BCUT2D eigenvalue weighted by molar-refractivity contribution is 0.183.